The maximum atomic E-state index is 10.3. The highest BCUT2D eigenvalue weighted by Gasteiger charge is 2.31. The first-order valence-electron chi connectivity index (χ1n) is 9.19. The van der Waals surface area contributed by atoms with E-state index in [2.05, 4.69) is 36.0 Å². The van der Waals surface area contributed by atoms with Gasteiger partial charge in [-0.15, -0.1) is 24.0 Å². The first kappa shape index (κ1) is 22.2. The third kappa shape index (κ3) is 6.73. The number of piperidine rings is 1. The van der Waals surface area contributed by atoms with Gasteiger partial charge in [0.05, 0.1) is 12.6 Å². The Hall–Kier alpha value is -0.890. The van der Waals surface area contributed by atoms with Gasteiger partial charge in [0, 0.05) is 32.0 Å². The van der Waals surface area contributed by atoms with Gasteiger partial charge >= 0.3 is 0 Å². The summed E-state index contributed by atoms with van der Waals surface area (Å²) in [5, 5.41) is 13.7. The van der Waals surface area contributed by atoms with Gasteiger partial charge in [-0.25, -0.2) is 0 Å². The first-order valence-corrected chi connectivity index (χ1v) is 9.19. The molecule has 0 bridgehead atoms. The zero-order valence-corrected chi connectivity index (χ0v) is 18.1. The molecule has 1 aliphatic heterocycles. The summed E-state index contributed by atoms with van der Waals surface area (Å²) in [5.74, 6) is 0.924. The molecule has 1 fully saturated rings. The molecule has 1 aromatic rings. The number of halogens is 1. The van der Waals surface area contributed by atoms with Crippen molar-refractivity contribution in [3.05, 3.63) is 30.1 Å². The van der Waals surface area contributed by atoms with Crippen LogP contribution in [-0.4, -0.2) is 47.1 Å². The van der Waals surface area contributed by atoms with E-state index in [0.717, 1.165) is 31.2 Å². The third-order valence-electron chi connectivity index (χ3n) is 4.77. The maximum absolute atomic E-state index is 10.3. The van der Waals surface area contributed by atoms with Crippen LogP contribution in [-0.2, 0) is 0 Å². The predicted octanol–water partition coefficient (Wildman–Crippen LogP) is 3.60. The van der Waals surface area contributed by atoms with Crippen molar-refractivity contribution in [1.29, 1.82) is 0 Å². The number of aromatic nitrogens is 1. The van der Waals surface area contributed by atoms with Crippen LogP contribution >= 0.6 is 24.0 Å². The molecule has 1 saturated heterocycles. The minimum Gasteiger partial charge on any atom is -0.386 e. The van der Waals surface area contributed by atoms with E-state index in [1.54, 1.807) is 12.4 Å². The Morgan fingerprint density at radius 2 is 2.12 bits per heavy atom. The molecule has 0 saturated carbocycles. The smallest absolute Gasteiger partial charge is 0.194 e. The Balaban J connectivity index is 0.00000312. The van der Waals surface area contributed by atoms with Crippen molar-refractivity contribution in [2.45, 2.75) is 52.6 Å². The molecule has 2 N–H and O–H groups in total. The molecule has 0 aromatic carbocycles. The van der Waals surface area contributed by atoms with Crippen LogP contribution in [0, 0.1) is 5.41 Å². The average molecular weight is 460 g/mol. The fraction of sp³-hybridized carbons (Fsp3) is 0.684. The SMILES string of the molecule is CCCC1(C)CCCN(C(=NCC(O)c2ccncc2)NCC)C1.I. The van der Waals surface area contributed by atoms with Gasteiger partial charge in [0.2, 0.25) is 0 Å². The largest absolute Gasteiger partial charge is 0.386 e. The summed E-state index contributed by atoms with van der Waals surface area (Å²) in [4.78, 5) is 11.1. The molecule has 0 aliphatic carbocycles. The molecule has 2 unspecified atom stereocenters. The number of aliphatic hydroxyl groups excluding tert-OH is 1. The summed E-state index contributed by atoms with van der Waals surface area (Å²) >= 11 is 0. The van der Waals surface area contributed by atoms with Crippen LogP contribution in [0.15, 0.2) is 29.5 Å². The van der Waals surface area contributed by atoms with Gasteiger partial charge in [0.15, 0.2) is 5.96 Å². The Labute approximate surface area is 169 Å². The van der Waals surface area contributed by atoms with Crippen LogP contribution in [0.5, 0.6) is 0 Å². The van der Waals surface area contributed by atoms with Gasteiger partial charge in [-0.05, 0) is 49.3 Å². The van der Waals surface area contributed by atoms with Gasteiger partial charge in [-0.2, -0.15) is 0 Å². The van der Waals surface area contributed by atoms with E-state index in [1.165, 1.54) is 25.7 Å². The lowest BCUT2D eigenvalue weighted by atomic mass is 9.78. The number of rotatable bonds is 6. The Bertz CT molecular complexity index is 521. The lowest BCUT2D eigenvalue weighted by Gasteiger charge is -2.42. The lowest BCUT2D eigenvalue weighted by Crippen LogP contribution is -2.50. The second kappa shape index (κ2) is 11.0. The third-order valence-corrected chi connectivity index (χ3v) is 4.77. The molecule has 1 aromatic heterocycles. The number of hydrogen-bond acceptors (Lipinski definition) is 3. The van der Waals surface area contributed by atoms with Crippen LogP contribution in [0.3, 0.4) is 0 Å². The molecule has 25 heavy (non-hydrogen) atoms. The summed E-state index contributed by atoms with van der Waals surface area (Å²) in [6.07, 6.45) is 7.78. The predicted molar refractivity (Wildman–Crippen MR) is 114 cm³/mol. The van der Waals surface area contributed by atoms with Gasteiger partial charge < -0.3 is 15.3 Å². The number of pyridine rings is 1. The van der Waals surface area contributed by atoms with Crippen LogP contribution in [0.1, 0.15) is 58.1 Å². The highest BCUT2D eigenvalue weighted by molar-refractivity contribution is 14.0. The lowest BCUT2D eigenvalue weighted by molar-refractivity contribution is 0.141. The Kier molecular flexibility index (Phi) is 9.71. The zero-order valence-electron chi connectivity index (χ0n) is 15.7. The summed E-state index contributed by atoms with van der Waals surface area (Å²) < 4.78 is 0. The number of nitrogens with zero attached hydrogens (tertiary/aromatic N) is 3. The van der Waals surface area contributed by atoms with Crippen molar-refractivity contribution < 1.29 is 5.11 Å². The highest BCUT2D eigenvalue weighted by Crippen LogP contribution is 2.33. The Morgan fingerprint density at radius 1 is 1.40 bits per heavy atom. The normalized spacial score (nSPS) is 22.2. The summed E-state index contributed by atoms with van der Waals surface area (Å²) in [5.41, 5.74) is 1.23. The first-order chi connectivity index (χ1) is 11.6. The van der Waals surface area contributed by atoms with Crippen LogP contribution in [0.25, 0.3) is 0 Å². The number of guanidine groups is 1. The van der Waals surface area contributed by atoms with E-state index < -0.39 is 6.10 Å². The van der Waals surface area contributed by atoms with Crippen molar-refractivity contribution in [1.82, 2.24) is 15.2 Å². The highest BCUT2D eigenvalue weighted by atomic mass is 127. The van der Waals surface area contributed by atoms with E-state index in [1.807, 2.05) is 12.1 Å². The molecule has 0 spiro atoms. The van der Waals surface area contributed by atoms with E-state index >= 15 is 0 Å². The second-order valence-electron chi connectivity index (χ2n) is 7.08. The van der Waals surface area contributed by atoms with Gasteiger partial charge in [-0.1, -0.05) is 20.3 Å². The molecule has 6 heteroatoms. The van der Waals surface area contributed by atoms with Gasteiger partial charge in [-0.3, -0.25) is 9.98 Å². The average Bonchev–Trinajstić information content (AvgIpc) is 2.59. The summed E-state index contributed by atoms with van der Waals surface area (Å²) in [6, 6.07) is 3.68. The standard InChI is InChI=1S/C19H32N4O.HI/c1-4-9-19(3)10-6-13-23(15-19)18(21-5-2)22-14-17(24)16-7-11-20-12-8-16;/h7-8,11-12,17,24H,4-6,9-10,13-15H2,1-3H3,(H,21,22);1H. The van der Waals surface area contributed by atoms with Gasteiger partial charge in [0.25, 0.3) is 0 Å². The number of likely N-dealkylation sites (tertiary alicyclic amines) is 1. The number of nitrogens with one attached hydrogen (secondary N) is 1. The van der Waals surface area contributed by atoms with Crippen molar-refractivity contribution in [3.8, 4) is 0 Å². The van der Waals surface area contributed by atoms with E-state index in [9.17, 15) is 5.11 Å². The zero-order chi connectivity index (χ0) is 17.4. The second-order valence-corrected chi connectivity index (χ2v) is 7.08. The molecule has 142 valence electrons. The molecule has 2 heterocycles. The minimum absolute atomic E-state index is 0. The molecular formula is C19H33IN4O. The summed E-state index contributed by atoms with van der Waals surface area (Å²) in [6.45, 7) is 10.0. The van der Waals surface area contributed by atoms with Crippen LogP contribution in [0.4, 0.5) is 0 Å². The monoisotopic (exact) mass is 460 g/mol. The number of hydrogen-bond donors (Lipinski definition) is 2. The molecule has 1 aliphatic rings. The number of aliphatic hydroxyl groups is 1. The fourth-order valence-corrected chi connectivity index (χ4v) is 3.59. The molecule has 0 radical (unpaired) electrons. The van der Waals surface area contributed by atoms with E-state index in [0.29, 0.717) is 12.0 Å². The van der Waals surface area contributed by atoms with E-state index in [4.69, 9.17) is 4.99 Å². The molecule has 2 atom stereocenters. The Morgan fingerprint density at radius 3 is 2.76 bits per heavy atom. The summed E-state index contributed by atoms with van der Waals surface area (Å²) in [7, 11) is 0. The maximum Gasteiger partial charge on any atom is 0.194 e. The molecule has 5 nitrogen and oxygen atoms in total. The molecular weight excluding hydrogens is 427 g/mol. The fourth-order valence-electron chi connectivity index (χ4n) is 3.59. The minimum atomic E-state index is -0.589. The van der Waals surface area contributed by atoms with Gasteiger partial charge in [0.1, 0.15) is 0 Å². The molecule has 0 amide bonds. The number of aliphatic imine (C=N–C) groups is 1. The van der Waals surface area contributed by atoms with Crippen molar-refractivity contribution in [3.63, 3.8) is 0 Å². The van der Waals surface area contributed by atoms with Crippen molar-refractivity contribution in [2.75, 3.05) is 26.2 Å². The van der Waals surface area contributed by atoms with Crippen LogP contribution in [0.2, 0.25) is 0 Å². The molecule has 2 rings (SSSR count). The van der Waals surface area contributed by atoms with Crippen molar-refractivity contribution in [2.24, 2.45) is 10.4 Å². The van der Waals surface area contributed by atoms with E-state index in [-0.39, 0.29) is 24.0 Å². The van der Waals surface area contributed by atoms with Crippen LogP contribution < -0.4 is 5.32 Å². The quantitative estimate of drug-likeness (QED) is 0.387. The van der Waals surface area contributed by atoms with Crippen molar-refractivity contribution >= 4 is 29.9 Å². The topological polar surface area (TPSA) is 60.8 Å².